The van der Waals surface area contributed by atoms with E-state index < -0.39 is 11.7 Å². The molecule has 0 bridgehead atoms. The van der Waals surface area contributed by atoms with Crippen LogP contribution in [0.15, 0.2) is 18.5 Å². The van der Waals surface area contributed by atoms with Crippen LogP contribution in [-0.4, -0.2) is 21.5 Å². The summed E-state index contributed by atoms with van der Waals surface area (Å²) in [6, 6.07) is 1.86. The molecular formula is C15H27N3O2. The maximum atomic E-state index is 11.9. The van der Waals surface area contributed by atoms with E-state index in [4.69, 9.17) is 4.74 Å². The zero-order valence-electron chi connectivity index (χ0n) is 13.1. The van der Waals surface area contributed by atoms with Crippen LogP contribution in [0.25, 0.3) is 0 Å². The second-order valence-electron chi connectivity index (χ2n) is 6.00. The van der Waals surface area contributed by atoms with E-state index in [1.807, 2.05) is 33.0 Å². The van der Waals surface area contributed by atoms with Crippen LogP contribution in [0.2, 0.25) is 0 Å². The van der Waals surface area contributed by atoms with Crippen molar-refractivity contribution in [2.24, 2.45) is 0 Å². The van der Waals surface area contributed by atoms with Gasteiger partial charge in [0.2, 0.25) is 0 Å². The lowest BCUT2D eigenvalue weighted by Gasteiger charge is -2.24. The highest BCUT2D eigenvalue weighted by molar-refractivity contribution is 5.67. The van der Waals surface area contributed by atoms with Gasteiger partial charge >= 0.3 is 6.09 Å². The molecule has 1 rings (SSSR count). The first-order valence-electron chi connectivity index (χ1n) is 7.41. The predicted octanol–water partition coefficient (Wildman–Crippen LogP) is 3.88. The number of rotatable bonds is 7. The van der Waals surface area contributed by atoms with E-state index in [0.717, 1.165) is 12.8 Å². The standard InChI is InChI=1S/C15H27N3O2/c1-5-6-7-8-10-13(18-12-9-11-16-18)17-14(19)20-15(2,3)4/h9,11-13H,5-8,10H2,1-4H3,(H,17,19). The molecule has 5 heteroatoms. The van der Waals surface area contributed by atoms with Crippen molar-refractivity contribution in [3.8, 4) is 0 Å². The molecule has 0 aliphatic heterocycles. The molecular weight excluding hydrogens is 254 g/mol. The van der Waals surface area contributed by atoms with Gasteiger partial charge in [-0.15, -0.1) is 0 Å². The number of unbranched alkanes of at least 4 members (excludes halogenated alkanes) is 3. The third-order valence-electron chi connectivity index (χ3n) is 2.86. The molecule has 0 fully saturated rings. The van der Waals surface area contributed by atoms with Gasteiger partial charge in [0.15, 0.2) is 0 Å². The number of ether oxygens (including phenoxy) is 1. The van der Waals surface area contributed by atoms with E-state index in [0.29, 0.717) is 0 Å². The van der Waals surface area contributed by atoms with Crippen LogP contribution < -0.4 is 5.32 Å². The van der Waals surface area contributed by atoms with Crippen molar-refractivity contribution in [1.82, 2.24) is 15.1 Å². The summed E-state index contributed by atoms with van der Waals surface area (Å²) < 4.78 is 7.08. The maximum absolute atomic E-state index is 11.9. The number of hydrogen-bond acceptors (Lipinski definition) is 3. The lowest BCUT2D eigenvalue weighted by atomic mass is 10.1. The lowest BCUT2D eigenvalue weighted by Crippen LogP contribution is -2.37. The fraction of sp³-hybridized carbons (Fsp3) is 0.733. The Morgan fingerprint density at radius 3 is 2.65 bits per heavy atom. The second-order valence-corrected chi connectivity index (χ2v) is 6.00. The number of alkyl carbamates (subject to hydrolysis) is 1. The highest BCUT2D eigenvalue weighted by atomic mass is 16.6. The van der Waals surface area contributed by atoms with Crippen LogP contribution in [0.3, 0.4) is 0 Å². The first-order valence-corrected chi connectivity index (χ1v) is 7.41. The minimum atomic E-state index is -0.485. The molecule has 0 saturated heterocycles. The van der Waals surface area contributed by atoms with Crippen LogP contribution in [0.5, 0.6) is 0 Å². The largest absolute Gasteiger partial charge is 0.444 e. The Balaban J connectivity index is 2.53. The van der Waals surface area contributed by atoms with E-state index >= 15 is 0 Å². The molecule has 1 N–H and O–H groups in total. The summed E-state index contributed by atoms with van der Waals surface area (Å²) in [5.74, 6) is 0. The van der Waals surface area contributed by atoms with Crippen molar-refractivity contribution in [2.45, 2.75) is 71.6 Å². The van der Waals surface area contributed by atoms with Gasteiger partial charge in [0, 0.05) is 12.4 Å². The van der Waals surface area contributed by atoms with Gasteiger partial charge in [-0.05, 0) is 39.7 Å². The lowest BCUT2D eigenvalue weighted by molar-refractivity contribution is 0.0471. The predicted molar refractivity (Wildman–Crippen MR) is 79.4 cm³/mol. The molecule has 1 aromatic heterocycles. The third kappa shape index (κ3) is 6.59. The minimum Gasteiger partial charge on any atom is -0.444 e. The Labute approximate surface area is 121 Å². The van der Waals surface area contributed by atoms with Crippen molar-refractivity contribution in [3.05, 3.63) is 18.5 Å². The highest BCUT2D eigenvalue weighted by Crippen LogP contribution is 2.14. The van der Waals surface area contributed by atoms with E-state index in [1.165, 1.54) is 19.3 Å². The molecule has 1 unspecified atom stereocenters. The number of nitrogens with one attached hydrogen (secondary N) is 1. The van der Waals surface area contributed by atoms with Crippen LogP contribution >= 0.6 is 0 Å². The highest BCUT2D eigenvalue weighted by Gasteiger charge is 2.20. The van der Waals surface area contributed by atoms with E-state index in [2.05, 4.69) is 17.3 Å². The maximum Gasteiger partial charge on any atom is 0.409 e. The molecule has 0 aliphatic rings. The molecule has 0 aliphatic carbocycles. The zero-order valence-corrected chi connectivity index (χ0v) is 13.1. The molecule has 0 saturated carbocycles. The molecule has 1 atom stereocenters. The van der Waals surface area contributed by atoms with Crippen LogP contribution in [0, 0.1) is 0 Å². The fourth-order valence-corrected chi connectivity index (χ4v) is 1.94. The number of nitrogens with zero attached hydrogens (tertiary/aromatic N) is 2. The number of carbonyl (C=O) groups excluding carboxylic acids is 1. The fourth-order valence-electron chi connectivity index (χ4n) is 1.94. The molecule has 5 nitrogen and oxygen atoms in total. The van der Waals surface area contributed by atoms with Gasteiger partial charge in [0.1, 0.15) is 11.8 Å². The zero-order chi connectivity index (χ0) is 15.0. The van der Waals surface area contributed by atoms with Crippen LogP contribution in [0.4, 0.5) is 4.79 Å². The van der Waals surface area contributed by atoms with Gasteiger partial charge in [-0.25, -0.2) is 9.48 Å². The number of amides is 1. The van der Waals surface area contributed by atoms with Gasteiger partial charge < -0.3 is 4.74 Å². The minimum absolute atomic E-state index is 0.142. The molecule has 0 radical (unpaired) electrons. The third-order valence-corrected chi connectivity index (χ3v) is 2.86. The summed E-state index contributed by atoms with van der Waals surface area (Å²) >= 11 is 0. The SMILES string of the molecule is CCCCCCC(NC(=O)OC(C)(C)C)n1cccn1. The number of aromatic nitrogens is 2. The average molecular weight is 281 g/mol. The van der Waals surface area contributed by atoms with Crippen molar-refractivity contribution in [2.75, 3.05) is 0 Å². The van der Waals surface area contributed by atoms with E-state index in [9.17, 15) is 4.79 Å². The Bertz CT molecular complexity index is 382. The van der Waals surface area contributed by atoms with Crippen molar-refractivity contribution >= 4 is 6.09 Å². The Kier molecular flexibility index (Phi) is 6.55. The molecule has 1 amide bonds. The van der Waals surface area contributed by atoms with Gasteiger partial charge in [0.25, 0.3) is 0 Å². The normalized spacial score (nSPS) is 13.0. The molecule has 20 heavy (non-hydrogen) atoms. The Morgan fingerprint density at radius 1 is 1.35 bits per heavy atom. The van der Waals surface area contributed by atoms with E-state index in [-0.39, 0.29) is 6.17 Å². The summed E-state index contributed by atoms with van der Waals surface area (Å²) in [4.78, 5) is 11.9. The molecule has 1 aromatic rings. The molecule has 0 aromatic carbocycles. The smallest absolute Gasteiger partial charge is 0.409 e. The van der Waals surface area contributed by atoms with Gasteiger partial charge in [0.05, 0.1) is 0 Å². The quantitative estimate of drug-likeness (QED) is 0.772. The summed E-state index contributed by atoms with van der Waals surface area (Å²) in [6.07, 6.45) is 8.56. The van der Waals surface area contributed by atoms with Gasteiger partial charge in [-0.1, -0.05) is 26.2 Å². The first-order chi connectivity index (χ1) is 9.42. The van der Waals surface area contributed by atoms with Gasteiger partial charge in [-0.2, -0.15) is 5.10 Å². The molecule has 114 valence electrons. The summed E-state index contributed by atoms with van der Waals surface area (Å²) in [5.41, 5.74) is -0.485. The Morgan fingerprint density at radius 2 is 2.10 bits per heavy atom. The first kappa shape index (κ1) is 16.5. The van der Waals surface area contributed by atoms with Crippen LogP contribution in [0.1, 0.15) is 66.0 Å². The van der Waals surface area contributed by atoms with Crippen molar-refractivity contribution < 1.29 is 9.53 Å². The van der Waals surface area contributed by atoms with Gasteiger partial charge in [-0.3, -0.25) is 5.32 Å². The van der Waals surface area contributed by atoms with Crippen molar-refractivity contribution in [1.29, 1.82) is 0 Å². The second kappa shape index (κ2) is 7.92. The molecule has 1 heterocycles. The number of hydrogen-bond donors (Lipinski definition) is 1. The Hall–Kier alpha value is -1.52. The topological polar surface area (TPSA) is 56.1 Å². The van der Waals surface area contributed by atoms with Crippen LogP contribution in [-0.2, 0) is 4.74 Å². The number of carbonyl (C=O) groups is 1. The summed E-state index contributed by atoms with van der Waals surface area (Å²) in [5, 5.41) is 7.10. The molecule has 0 spiro atoms. The van der Waals surface area contributed by atoms with Crippen molar-refractivity contribution in [3.63, 3.8) is 0 Å². The monoisotopic (exact) mass is 281 g/mol. The average Bonchev–Trinajstić information content (AvgIpc) is 2.84. The van der Waals surface area contributed by atoms with E-state index in [1.54, 1.807) is 10.9 Å². The summed E-state index contributed by atoms with van der Waals surface area (Å²) in [6.45, 7) is 7.76. The summed E-state index contributed by atoms with van der Waals surface area (Å²) in [7, 11) is 0.